The van der Waals surface area contributed by atoms with Gasteiger partial charge in [-0.25, -0.2) is 0 Å². The summed E-state index contributed by atoms with van der Waals surface area (Å²) in [6.07, 6.45) is 1.66. The molecule has 0 spiro atoms. The van der Waals surface area contributed by atoms with Crippen LogP contribution in [0.2, 0.25) is 0 Å². The highest BCUT2D eigenvalue weighted by Crippen LogP contribution is 2.50. The van der Waals surface area contributed by atoms with E-state index < -0.39 is 0 Å². The number of halogens is 2. The third kappa shape index (κ3) is 0.680. The maximum Gasteiger partial charge on any atom is 0.137 e. The Bertz CT molecular complexity index is 180. The zero-order chi connectivity index (χ0) is 7.30. The van der Waals surface area contributed by atoms with Crippen molar-refractivity contribution in [1.29, 1.82) is 0 Å². The summed E-state index contributed by atoms with van der Waals surface area (Å²) in [7, 11) is 0. The molecule has 2 aliphatic rings. The number of Topliss-reactive ketones (excluding diaryl/α,β-unsaturated/α-hetero) is 1. The number of rotatable bonds is 0. The number of carbonyl (C=O) groups excluding carboxylic acids is 1. The topological polar surface area (TPSA) is 17.1 Å². The van der Waals surface area contributed by atoms with Crippen LogP contribution in [0.25, 0.3) is 0 Å². The van der Waals surface area contributed by atoms with Gasteiger partial charge in [0.15, 0.2) is 0 Å². The highest BCUT2D eigenvalue weighted by atomic mass is 35.5. The first-order chi connectivity index (χ1) is 4.72. The standard InChI is InChI=1S/C7H8Cl2O/c8-6-3-1-2-4(10)5(3)7(6)9/h3,5-7H,1-2H2/t3?,5?,6-,7-/m0/s1. The minimum absolute atomic E-state index is 0.0538. The van der Waals surface area contributed by atoms with E-state index in [-0.39, 0.29) is 16.7 Å². The van der Waals surface area contributed by atoms with Crippen LogP contribution in [0.15, 0.2) is 0 Å². The first-order valence-corrected chi connectivity index (χ1v) is 4.40. The summed E-state index contributed by atoms with van der Waals surface area (Å²) in [6.45, 7) is 0. The summed E-state index contributed by atoms with van der Waals surface area (Å²) >= 11 is 11.7. The van der Waals surface area contributed by atoms with Crippen molar-refractivity contribution >= 4 is 29.0 Å². The Hall–Kier alpha value is 0.250. The number of ketones is 1. The summed E-state index contributed by atoms with van der Waals surface area (Å²) in [5.74, 6) is 0.822. The molecule has 1 nitrogen and oxygen atoms in total. The van der Waals surface area contributed by atoms with Gasteiger partial charge >= 0.3 is 0 Å². The van der Waals surface area contributed by atoms with Crippen molar-refractivity contribution < 1.29 is 4.79 Å². The fourth-order valence-corrected chi connectivity index (χ4v) is 2.91. The van der Waals surface area contributed by atoms with Crippen molar-refractivity contribution in [3.8, 4) is 0 Å². The molecule has 56 valence electrons. The number of alkyl halides is 2. The molecule has 0 amide bonds. The van der Waals surface area contributed by atoms with Crippen LogP contribution in [-0.2, 0) is 4.79 Å². The smallest absolute Gasteiger partial charge is 0.137 e. The van der Waals surface area contributed by atoms with Gasteiger partial charge in [-0.05, 0) is 12.3 Å². The molecule has 0 heterocycles. The molecule has 0 aliphatic heterocycles. The van der Waals surface area contributed by atoms with E-state index >= 15 is 0 Å². The summed E-state index contributed by atoms with van der Waals surface area (Å²) in [5.41, 5.74) is 0. The summed E-state index contributed by atoms with van der Waals surface area (Å²) in [4.78, 5) is 11.0. The van der Waals surface area contributed by atoms with Gasteiger partial charge in [-0.15, -0.1) is 23.2 Å². The molecule has 4 atom stereocenters. The van der Waals surface area contributed by atoms with Crippen molar-refractivity contribution in [3.05, 3.63) is 0 Å². The molecule has 0 saturated heterocycles. The monoisotopic (exact) mass is 178 g/mol. The van der Waals surface area contributed by atoms with Crippen molar-refractivity contribution in [2.75, 3.05) is 0 Å². The lowest BCUT2D eigenvalue weighted by Crippen LogP contribution is -2.48. The lowest BCUT2D eigenvalue weighted by atomic mass is 9.75. The second-order valence-corrected chi connectivity index (χ2v) is 4.09. The highest BCUT2D eigenvalue weighted by Gasteiger charge is 2.55. The number of fused-ring (bicyclic) bond motifs is 1. The third-order valence-corrected chi connectivity index (χ3v) is 3.88. The van der Waals surface area contributed by atoms with Crippen LogP contribution in [0.5, 0.6) is 0 Å². The Labute approximate surface area is 69.7 Å². The fraction of sp³-hybridized carbons (Fsp3) is 0.857. The van der Waals surface area contributed by atoms with Gasteiger partial charge in [-0.1, -0.05) is 0 Å². The zero-order valence-electron chi connectivity index (χ0n) is 5.39. The first-order valence-electron chi connectivity index (χ1n) is 3.52. The predicted octanol–water partition coefficient (Wildman–Crippen LogP) is 1.81. The molecule has 2 fully saturated rings. The minimum atomic E-state index is -0.0818. The van der Waals surface area contributed by atoms with Crippen molar-refractivity contribution in [2.24, 2.45) is 11.8 Å². The van der Waals surface area contributed by atoms with Crippen LogP contribution in [0, 0.1) is 11.8 Å². The SMILES string of the molecule is O=C1CCC2C1[C@H](Cl)[C@H]2Cl. The fourth-order valence-electron chi connectivity index (χ4n) is 1.95. The molecule has 0 aromatic rings. The highest BCUT2D eigenvalue weighted by molar-refractivity contribution is 6.33. The molecule has 10 heavy (non-hydrogen) atoms. The van der Waals surface area contributed by atoms with E-state index in [9.17, 15) is 4.79 Å². The van der Waals surface area contributed by atoms with Crippen LogP contribution in [0.4, 0.5) is 0 Å². The van der Waals surface area contributed by atoms with E-state index in [4.69, 9.17) is 23.2 Å². The molecule has 2 saturated carbocycles. The van der Waals surface area contributed by atoms with Gasteiger partial charge in [0.25, 0.3) is 0 Å². The maximum atomic E-state index is 11.0. The number of hydrogen-bond acceptors (Lipinski definition) is 1. The Kier molecular flexibility index (Phi) is 1.47. The molecule has 0 N–H and O–H groups in total. The molecular formula is C7H8Cl2O. The average Bonchev–Trinajstić information content (AvgIpc) is 2.27. The molecule has 3 heteroatoms. The van der Waals surface area contributed by atoms with Crippen molar-refractivity contribution in [1.82, 2.24) is 0 Å². The van der Waals surface area contributed by atoms with Crippen LogP contribution < -0.4 is 0 Å². The molecule has 2 unspecified atom stereocenters. The minimum Gasteiger partial charge on any atom is -0.299 e. The predicted molar refractivity (Wildman–Crippen MR) is 40.5 cm³/mol. The van der Waals surface area contributed by atoms with Gasteiger partial charge in [0.1, 0.15) is 5.78 Å². The van der Waals surface area contributed by atoms with E-state index in [0.29, 0.717) is 18.1 Å². The second kappa shape index (κ2) is 2.12. The van der Waals surface area contributed by atoms with E-state index in [1.165, 1.54) is 0 Å². The maximum absolute atomic E-state index is 11.0. The molecule has 0 aromatic carbocycles. The third-order valence-electron chi connectivity index (χ3n) is 2.61. The molecular weight excluding hydrogens is 171 g/mol. The van der Waals surface area contributed by atoms with Crippen LogP contribution in [0.1, 0.15) is 12.8 Å². The Morgan fingerprint density at radius 1 is 1.30 bits per heavy atom. The molecule has 0 aromatic heterocycles. The quantitative estimate of drug-likeness (QED) is 0.518. The van der Waals surface area contributed by atoms with Crippen LogP contribution >= 0.6 is 23.2 Å². The summed E-state index contributed by atoms with van der Waals surface area (Å²) in [6, 6.07) is 0. The average molecular weight is 179 g/mol. The van der Waals surface area contributed by atoms with E-state index in [0.717, 1.165) is 6.42 Å². The van der Waals surface area contributed by atoms with Gasteiger partial charge in [0, 0.05) is 12.3 Å². The number of carbonyl (C=O) groups is 1. The van der Waals surface area contributed by atoms with Gasteiger partial charge in [0.05, 0.1) is 10.8 Å². The van der Waals surface area contributed by atoms with Gasteiger partial charge in [-0.3, -0.25) is 4.79 Å². The Balaban J connectivity index is 2.16. The normalized spacial score (nSPS) is 52.4. The Morgan fingerprint density at radius 3 is 2.60 bits per heavy atom. The summed E-state index contributed by atoms with van der Waals surface area (Å²) < 4.78 is 0. The van der Waals surface area contributed by atoms with Crippen LogP contribution in [0.3, 0.4) is 0 Å². The molecule has 2 aliphatic carbocycles. The zero-order valence-corrected chi connectivity index (χ0v) is 6.90. The number of hydrogen-bond donors (Lipinski definition) is 0. The molecule has 0 bridgehead atoms. The molecule has 0 radical (unpaired) electrons. The largest absolute Gasteiger partial charge is 0.299 e. The molecule has 2 rings (SSSR count). The Morgan fingerprint density at radius 2 is 2.00 bits per heavy atom. The lowest BCUT2D eigenvalue weighted by Gasteiger charge is -2.40. The van der Waals surface area contributed by atoms with Crippen molar-refractivity contribution in [3.63, 3.8) is 0 Å². The van der Waals surface area contributed by atoms with Gasteiger partial charge in [-0.2, -0.15) is 0 Å². The van der Waals surface area contributed by atoms with Crippen LogP contribution in [-0.4, -0.2) is 16.5 Å². The second-order valence-electron chi connectivity index (χ2n) is 3.08. The first kappa shape index (κ1) is 6.93. The van der Waals surface area contributed by atoms with Crippen molar-refractivity contribution in [2.45, 2.75) is 23.6 Å². The van der Waals surface area contributed by atoms with E-state index in [1.54, 1.807) is 0 Å². The van der Waals surface area contributed by atoms with Gasteiger partial charge in [0.2, 0.25) is 0 Å². The lowest BCUT2D eigenvalue weighted by molar-refractivity contribution is -0.122. The summed E-state index contributed by atoms with van der Waals surface area (Å²) in [5, 5.41) is -0.0280. The van der Waals surface area contributed by atoms with E-state index in [1.807, 2.05) is 0 Å². The van der Waals surface area contributed by atoms with E-state index in [2.05, 4.69) is 0 Å². The van der Waals surface area contributed by atoms with Gasteiger partial charge < -0.3 is 0 Å².